The first-order valence-electron chi connectivity index (χ1n) is 6.39. The molecule has 0 heterocycles. The van der Waals surface area contributed by atoms with Gasteiger partial charge in [0.1, 0.15) is 0 Å². The lowest BCUT2D eigenvalue weighted by Crippen LogP contribution is -2.18. The van der Waals surface area contributed by atoms with Crippen molar-refractivity contribution in [3.8, 4) is 0 Å². The summed E-state index contributed by atoms with van der Waals surface area (Å²) >= 11 is 11.9. The summed E-state index contributed by atoms with van der Waals surface area (Å²) in [5, 5.41) is 15.4. The predicted molar refractivity (Wildman–Crippen MR) is 84.8 cm³/mol. The summed E-state index contributed by atoms with van der Waals surface area (Å²) in [6.45, 7) is 2.33. The second-order valence-electron chi connectivity index (χ2n) is 4.69. The van der Waals surface area contributed by atoms with Gasteiger partial charge in [-0.2, -0.15) is 0 Å². The Kier molecular flexibility index (Phi) is 5.17. The Morgan fingerprint density at radius 2 is 1.90 bits per heavy atom. The minimum Gasteiger partial charge on any atom is -0.306 e. The van der Waals surface area contributed by atoms with E-state index in [1.165, 1.54) is 12.1 Å². The van der Waals surface area contributed by atoms with Crippen molar-refractivity contribution in [2.75, 3.05) is 0 Å². The van der Waals surface area contributed by atoms with Crippen LogP contribution < -0.4 is 5.32 Å². The van der Waals surface area contributed by atoms with E-state index >= 15 is 0 Å². The third-order valence-electron chi connectivity index (χ3n) is 3.19. The van der Waals surface area contributed by atoms with E-state index in [-0.39, 0.29) is 11.7 Å². The van der Waals surface area contributed by atoms with Crippen molar-refractivity contribution in [2.45, 2.75) is 19.5 Å². The Balaban J connectivity index is 2.12. The molecule has 2 aromatic carbocycles. The van der Waals surface area contributed by atoms with Gasteiger partial charge in [0.05, 0.1) is 4.92 Å². The molecule has 0 aliphatic carbocycles. The number of hydrogen-bond donors (Lipinski definition) is 1. The molecular formula is C15H14Cl2N2O2. The van der Waals surface area contributed by atoms with Crippen molar-refractivity contribution in [3.05, 3.63) is 73.8 Å². The van der Waals surface area contributed by atoms with Gasteiger partial charge >= 0.3 is 0 Å². The Morgan fingerprint density at radius 1 is 1.19 bits per heavy atom. The van der Waals surface area contributed by atoms with Crippen LogP contribution in [0.2, 0.25) is 10.0 Å². The number of nitrogens with one attached hydrogen (secondary N) is 1. The average molecular weight is 325 g/mol. The van der Waals surface area contributed by atoms with E-state index in [9.17, 15) is 10.1 Å². The molecule has 0 aliphatic rings. The van der Waals surface area contributed by atoms with Crippen molar-refractivity contribution in [1.82, 2.24) is 5.32 Å². The first-order valence-corrected chi connectivity index (χ1v) is 7.14. The smallest absolute Gasteiger partial charge is 0.273 e. The monoisotopic (exact) mass is 324 g/mol. The fourth-order valence-electron chi connectivity index (χ4n) is 2.03. The van der Waals surface area contributed by atoms with Gasteiger partial charge in [-0.25, -0.2) is 0 Å². The zero-order valence-corrected chi connectivity index (χ0v) is 12.9. The molecule has 110 valence electrons. The van der Waals surface area contributed by atoms with Gasteiger partial charge in [0.2, 0.25) is 0 Å². The molecule has 0 aliphatic heterocycles. The number of hydrogen-bond acceptors (Lipinski definition) is 3. The van der Waals surface area contributed by atoms with E-state index in [0.29, 0.717) is 22.2 Å². The van der Waals surface area contributed by atoms with Crippen molar-refractivity contribution in [2.24, 2.45) is 0 Å². The number of halogens is 2. The van der Waals surface area contributed by atoms with Crippen LogP contribution in [-0.4, -0.2) is 4.92 Å². The molecule has 1 atom stereocenters. The summed E-state index contributed by atoms with van der Waals surface area (Å²) < 4.78 is 0. The molecule has 0 saturated heterocycles. The fourth-order valence-corrected chi connectivity index (χ4v) is 2.42. The highest BCUT2D eigenvalue weighted by molar-refractivity contribution is 6.31. The quantitative estimate of drug-likeness (QED) is 0.637. The maximum Gasteiger partial charge on any atom is 0.273 e. The van der Waals surface area contributed by atoms with Gasteiger partial charge in [0.25, 0.3) is 5.69 Å². The molecule has 0 spiro atoms. The van der Waals surface area contributed by atoms with E-state index in [1.807, 2.05) is 25.1 Å². The molecule has 21 heavy (non-hydrogen) atoms. The number of benzene rings is 2. The van der Waals surface area contributed by atoms with Gasteiger partial charge < -0.3 is 5.32 Å². The second-order valence-corrected chi connectivity index (χ2v) is 5.56. The lowest BCUT2D eigenvalue weighted by atomic mass is 10.1. The molecule has 0 saturated carbocycles. The van der Waals surface area contributed by atoms with Gasteiger partial charge in [-0.15, -0.1) is 0 Å². The minimum absolute atomic E-state index is 0.0160. The van der Waals surface area contributed by atoms with Crippen LogP contribution in [0.25, 0.3) is 0 Å². The molecular weight excluding hydrogens is 311 g/mol. The number of nitro benzene ring substituents is 1. The van der Waals surface area contributed by atoms with E-state index in [4.69, 9.17) is 23.2 Å². The summed E-state index contributed by atoms with van der Waals surface area (Å²) in [5.74, 6) is 0. The standard InChI is InChI=1S/C15H14Cl2N2O2/c1-10(11-3-2-4-13(16)7-11)18-9-12-8-14(17)5-6-15(12)19(20)21/h2-8,10,18H,9H2,1H3/t10-/m1/s1. The molecule has 0 unspecified atom stereocenters. The van der Waals surface area contributed by atoms with Gasteiger partial charge in [-0.05, 0) is 36.8 Å². The number of nitro groups is 1. The molecule has 0 bridgehead atoms. The van der Waals surface area contributed by atoms with Crippen LogP contribution in [0.5, 0.6) is 0 Å². The van der Waals surface area contributed by atoms with Crippen LogP contribution in [0, 0.1) is 10.1 Å². The first kappa shape index (κ1) is 15.8. The zero-order chi connectivity index (χ0) is 15.4. The lowest BCUT2D eigenvalue weighted by Gasteiger charge is -2.14. The lowest BCUT2D eigenvalue weighted by molar-refractivity contribution is -0.385. The molecule has 0 aromatic heterocycles. The Hall–Kier alpha value is -1.62. The van der Waals surface area contributed by atoms with Crippen molar-refractivity contribution in [3.63, 3.8) is 0 Å². The fraction of sp³-hybridized carbons (Fsp3) is 0.200. The average Bonchev–Trinajstić information content (AvgIpc) is 2.44. The maximum atomic E-state index is 11.0. The predicted octanol–water partition coefficient (Wildman–Crippen LogP) is 4.75. The Labute approximate surface area is 132 Å². The molecule has 1 N–H and O–H groups in total. The van der Waals surface area contributed by atoms with E-state index in [0.717, 1.165) is 5.56 Å². The molecule has 0 radical (unpaired) electrons. The van der Waals surface area contributed by atoms with Crippen LogP contribution in [0.15, 0.2) is 42.5 Å². The van der Waals surface area contributed by atoms with Gasteiger partial charge in [0, 0.05) is 34.3 Å². The molecule has 0 amide bonds. The third kappa shape index (κ3) is 4.17. The van der Waals surface area contributed by atoms with Crippen LogP contribution in [0.4, 0.5) is 5.69 Å². The zero-order valence-electron chi connectivity index (χ0n) is 11.3. The summed E-state index contributed by atoms with van der Waals surface area (Å²) in [6.07, 6.45) is 0. The topological polar surface area (TPSA) is 55.2 Å². The Bertz CT molecular complexity index is 662. The number of nitrogens with zero attached hydrogens (tertiary/aromatic N) is 1. The highest BCUT2D eigenvalue weighted by Crippen LogP contribution is 2.24. The van der Waals surface area contributed by atoms with Crippen LogP contribution >= 0.6 is 23.2 Å². The van der Waals surface area contributed by atoms with E-state index < -0.39 is 4.92 Å². The molecule has 4 nitrogen and oxygen atoms in total. The molecule has 2 rings (SSSR count). The number of rotatable bonds is 5. The molecule has 6 heteroatoms. The summed E-state index contributed by atoms with van der Waals surface area (Å²) in [5.41, 5.74) is 1.64. The summed E-state index contributed by atoms with van der Waals surface area (Å²) in [6, 6.07) is 12.1. The van der Waals surface area contributed by atoms with Crippen molar-refractivity contribution < 1.29 is 4.92 Å². The third-order valence-corrected chi connectivity index (χ3v) is 3.66. The van der Waals surface area contributed by atoms with Crippen LogP contribution in [-0.2, 0) is 6.54 Å². The van der Waals surface area contributed by atoms with Gasteiger partial charge in [0.15, 0.2) is 0 Å². The summed E-state index contributed by atoms with van der Waals surface area (Å²) in [4.78, 5) is 10.6. The Morgan fingerprint density at radius 3 is 2.57 bits per heavy atom. The maximum absolute atomic E-state index is 11.0. The van der Waals surface area contributed by atoms with E-state index in [1.54, 1.807) is 12.1 Å². The van der Waals surface area contributed by atoms with Gasteiger partial charge in [-0.3, -0.25) is 10.1 Å². The highest BCUT2D eigenvalue weighted by atomic mass is 35.5. The van der Waals surface area contributed by atoms with Crippen LogP contribution in [0.3, 0.4) is 0 Å². The highest BCUT2D eigenvalue weighted by Gasteiger charge is 2.15. The van der Waals surface area contributed by atoms with Gasteiger partial charge in [-0.1, -0.05) is 35.3 Å². The summed E-state index contributed by atoms with van der Waals surface area (Å²) in [7, 11) is 0. The SMILES string of the molecule is C[C@@H](NCc1cc(Cl)ccc1[N+](=O)[O-])c1cccc(Cl)c1. The van der Waals surface area contributed by atoms with Crippen molar-refractivity contribution >= 4 is 28.9 Å². The minimum atomic E-state index is -0.405. The van der Waals surface area contributed by atoms with E-state index in [2.05, 4.69) is 5.32 Å². The first-order chi connectivity index (χ1) is 9.97. The molecule has 2 aromatic rings. The normalized spacial score (nSPS) is 12.1. The van der Waals surface area contributed by atoms with Crippen molar-refractivity contribution in [1.29, 1.82) is 0 Å². The largest absolute Gasteiger partial charge is 0.306 e. The van der Waals surface area contributed by atoms with Crippen LogP contribution in [0.1, 0.15) is 24.1 Å². The molecule has 0 fully saturated rings. The second kappa shape index (κ2) is 6.89.